The number of hydrogen-bond donors (Lipinski definition) is 1. The highest BCUT2D eigenvalue weighted by atomic mass is 16.6. The molecule has 0 bridgehead atoms. The molecule has 1 heterocycles. The van der Waals surface area contributed by atoms with E-state index in [9.17, 15) is 19.5 Å². The van der Waals surface area contributed by atoms with E-state index >= 15 is 0 Å². The first-order valence-electron chi connectivity index (χ1n) is 11.2. The Morgan fingerprint density at radius 1 is 1.33 bits per heavy atom. The van der Waals surface area contributed by atoms with Crippen LogP contribution in [0.15, 0.2) is 24.3 Å². The lowest BCUT2D eigenvalue weighted by molar-refractivity contribution is -0.177. The van der Waals surface area contributed by atoms with Crippen molar-refractivity contribution in [2.24, 2.45) is 0 Å². The second kappa shape index (κ2) is 8.06. The van der Waals surface area contributed by atoms with Gasteiger partial charge in [0.1, 0.15) is 5.60 Å². The van der Waals surface area contributed by atoms with Gasteiger partial charge >= 0.3 is 5.97 Å². The number of esters is 1. The molecule has 2 amide bonds. The molecule has 0 aliphatic carbocycles. The van der Waals surface area contributed by atoms with Crippen LogP contribution < -0.4 is 4.90 Å². The molecule has 1 aliphatic rings. The van der Waals surface area contributed by atoms with E-state index in [1.807, 2.05) is 0 Å². The summed E-state index contributed by atoms with van der Waals surface area (Å²) in [6.45, 7) is -1.47. The fraction of sp³-hybridized carbons (Fsp3) is 0.526. The minimum Gasteiger partial charge on any atom is -0.458 e. The zero-order valence-electron chi connectivity index (χ0n) is 21.3. The molecule has 27 heavy (non-hydrogen) atoms. The van der Waals surface area contributed by atoms with Gasteiger partial charge in [0.15, 0.2) is 12.2 Å². The van der Waals surface area contributed by atoms with Gasteiger partial charge in [0.05, 0.1) is 6.61 Å². The number of benzene rings is 1. The third-order valence-electron chi connectivity index (χ3n) is 3.69. The van der Waals surface area contributed by atoms with Gasteiger partial charge in [0.2, 0.25) is 0 Å². The Hall–Kier alpha value is -2.45. The van der Waals surface area contributed by atoms with Gasteiger partial charge in [0.25, 0.3) is 11.8 Å². The quantitative estimate of drug-likeness (QED) is 0.772. The first kappa shape index (κ1) is 13.7. The Kier molecular flexibility index (Phi) is 4.08. The van der Waals surface area contributed by atoms with Gasteiger partial charge in [-0.05, 0) is 45.0 Å². The molecule has 148 valence electrons. The highest BCUT2D eigenvalue weighted by Gasteiger charge is 2.41. The molecule has 1 fully saturated rings. The molecule has 1 saturated heterocycles. The molecule has 1 aliphatic heterocycles. The zero-order chi connectivity index (χ0) is 25.4. The normalized spacial score (nSPS) is 23.0. The second-order valence-electron chi connectivity index (χ2n) is 6.95. The maximum atomic E-state index is 12.8. The van der Waals surface area contributed by atoms with E-state index in [-0.39, 0.29) is 29.3 Å². The molecule has 0 radical (unpaired) electrons. The van der Waals surface area contributed by atoms with Crippen LogP contribution in [0.1, 0.15) is 39.4 Å². The lowest BCUT2D eigenvalue weighted by atomic mass is 10.1. The summed E-state index contributed by atoms with van der Waals surface area (Å²) in [5.74, 6) is -2.96. The van der Waals surface area contributed by atoms with Crippen LogP contribution in [-0.4, -0.2) is 72.7 Å². The van der Waals surface area contributed by atoms with Crippen molar-refractivity contribution in [2.45, 2.75) is 38.6 Å². The van der Waals surface area contributed by atoms with Gasteiger partial charge in [-0.2, -0.15) is 0 Å². The Labute approximate surface area is 167 Å². The van der Waals surface area contributed by atoms with Gasteiger partial charge in [0, 0.05) is 40.0 Å². The molecule has 1 aromatic carbocycles. The molecule has 0 spiro atoms. The van der Waals surface area contributed by atoms with Gasteiger partial charge in [-0.3, -0.25) is 9.59 Å². The summed E-state index contributed by atoms with van der Waals surface area (Å²) in [5, 5.41) is 10.3. The number of carbonyl (C=O) groups excluding carboxylic acids is 3. The number of aliphatic hydroxyl groups is 1. The summed E-state index contributed by atoms with van der Waals surface area (Å²) in [6.07, 6.45) is -3.36. The smallest absolute Gasteiger partial charge is 0.338 e. The van der Waals surface area contributed by atoms with E-state index in [4.69, 9.17) is 17.7 Å². The first-order valence-corrected chi connectivity index (χ1v) is 8.22. The van der Waals surface area contributed by atoms with Crippen LogP contribution in [0.2, 0.25) is 0 Å². The predicted molar refractivity (Wildman–Crippen MR) is 98.4 cm³/mol. The lowest BCUT2D eigenvalue weighted by Crippen LogP contribution is -2.55. The highest BCUT2D eigenvalue weighted by molar-refractivity contribution is 6.01. The van der Waals surface area contributed by atoms with Crippen molar-refractivity contribution in [1.82, 2.24) is 4.90 Å². The predicted octanol–water partition coefficient (Wildman–Crippen LogP) is 0.823. The van der Waals surface area contributed by atoms with Crippen molar-refractivity contribution in [2.75, 3.05) is 32.0 Å². The maximum Gasteiger partial charge on any atom is 0.338 e. The summed E-state index contributed by atoms with van der Waals surface area (Å²) >= 11 is 0. The number of nitrogens with zero attached hydrogens (tertiary/aromatic N) is 2. The van der Waals surface area contributed by atoms with Crippen LogP contribution in [0.3, 0.4) is 0 Å². The molecule has 0 unspecified atom stereocenters. The molecule has 0 aromatic heterocycles. The number of anilines is 1. The fourth-order valence-corrected chi connectivity index (χ4v) is 2.49. The van der Waals surface area contributed by atoms with Crippen molar-refractivity contribution in [3.05, 3.63) is 29.8 Å². The average molecular weight is 384 g/mol. The monoisotopic (exact) mass is 384 g/mol. The third-order valence-corrected chi connectivity index (χ3v) is 3.69. The number of morpholine rings is 1. The van der Waals surface area contributed by atoms with Gasteiger partial charge < -0.3 is 24.4 Å². The number of rotatable bonds is 4. The maximum absolute atomic E-state index is 12.8. The van der Waals surface area contributed by atoms with Crippen molar-refractivity contribution in [3.63, 3.8) is 0 Å². The number of amides is 2. The van der Waals surface area contributed by atoms with Crippen molar-refractivity contribution in [3.8, 4) is 0 Å². The lowest BCUT2D eigenvalue weighted by Gasteiger charge is -2.34. The van der Waals surface area contributed by atoms with Gasteiger partial charge in [-0.1, -0.05) is 0 Å². The summed E-state index contributed by atoms with van der Waals surface area (Å²) in [4.78, 5) is 38.6. The van der Waals surface area contributed by atoms with E-state index in [1.54, 1.807) is 20.8 Å². The standard InChI is InChI=1S/C19H26N2O6/c1-19(2,3)27-18(25)14(22)15-17(24)21(10-11-26-15)13-8-6-12(7-9-13)16(23)20(4)5/h6-9,14-15,22H,10-11H2,1-5H3/t14-,15-/m1/s1/i4D3,5D3. The van der Waals surface area contributed by atoms with Crippen LogP contribution in [0.5, 0.6) is 0 Å². The van der Waals surface area contributed by atoms with Crippen LogP contribution in [-0.2, 0) is 19.1 Å². The molecule has 1 aromatic rings. The topological polar surface area (TPSA) is 96.4 Å². The fourth-order valence-electron chi connectivity index (χ4n) is 2.49. The molecular weight excluding hydrogens is 352 g/mol. The van der Waals surface area contributed by atoms with Crippen molar-refractivity contribution < 1.29 is 37.2 Å². The van der Waals surface area contributed by atoms with Crippen LogP contribution in [0.25, 0.3) is 0 Å². The molecule has 2 rings (SSSR count). The van der Waals surface area contributed by atoms with Gasteiger partial charge in [-0.25, -0.2) is 4.79 Å². The highest BCUT2D eigenvalue weighted by Crippen LogP contribution is 2.22. The Morgan fingerprint density at radius 3 is 2.52 bits per heavy atom. The number of carbonyl (C=O) groups is 3. The zero-order valence-corrected chi connectivity index (χ0v) is 15.3. The summed E-state index contributed by atoms with van der Waals surface area (Å²) in [7, 11) is 0. The van der Waals surface area contributed by atoms with E-state index in [1.165, 1.54) is 29.2 Å². The van der Waals surface area contributed by atoms with Crippen molar-refractivity contribution in [1.29, 1.82) is 0 Å². The van der Waals surface area contributed by atoms with Gasteiger partial charge in [-0.15, -0.1) is 0 Å². The largest absolute Gasteiger partial charge is 0.458 e. The molecular formula is C19H26N2O6. The van der Waals surface area contributed by atoms with E-state index in [0.717, 1.165) is 0 Å². The average Bonchev–Trinajstić information content (AvgIpc) is 2.64. The molecule has 8 nitrogen and oxygen atoms in total. The summed E-state index contributed by atoms with van der Waals surface area (Å²) in [6, 6.07) is 5.02. The van der Waals surface area contributed by atoms with Crippen molar-refractivity contribution >= 4 is 23.5 Å². The minimum atomic E-state index is -3.19. The third kappa shape index (κ3) is 5.05. The van der Waals surface area contributed by atoms with Crippen LogP contribution in [0, 0.1) is 0 Å². The number of ether oxygens (including phenoxy) is 2. The van der Waals surface area contributed by atoms with E-state index in [0.29, 0.717) is 0 Å². The Bertz CT molecular complexity index is 880. The van der Waals surface area contributed by atoms with E-state index in [2.05, 4.69) is 0 Å². The SMILES string of the molecule is [2H]C([2H])([2H])N(C(=O)c1ccc(N2CCO[C@H]([C@@H](O)C(=O)OC(C)(C)C)C2=O)cc1)C([2H])([2H])[2H]. The second-order valence-corrected chi connectivity index (χ2v) is 6.95. The summed E-state index contributed by atoms with van der Waals surface area (Å²) in [5.41, 5.74) is -0.817. The van der Waals surface area contributed by atoms with Crippen LogP contribution >= 0.6 is 0 Å². The minimum absolute atomic E-state index is 0.00280. The number of aliphatic hydroxyl groups excluding tert-OH is 1. The molecule has 8 heteroatoms. The molecule has 1 N–H and O–H groups in total. The summed E-state index contributed by atoms with van der Waals surface area (Å²) < 4.78 is 54.5. The Morgan fingerprint density at radius 2 is 1.96 bits per heavy atom. The van der Waals surface area contributed by atoms with E-state index < -0.39 is 49.5 Å². The molecule has 0 saturated carbocycles. The molecule has 2 atom stereocenters. The van der Waals surface area contributed by atoms with Crippen LogP contribution in [0.4, 0.5) is 5.69 Å². The Balaban J connectivity index is 2.22. The first-order chi connectivity index (χ1) is 14.9. The number of hydrogen-bond acceptors (Lipinski definition) is 6.